The number of hydrogen-bond donors (Lipinski definition) is 1. The van der Waals surface area contributed by atoms with Crippen molar-refractivity contribution >= 4 is 23.5 Å². The predicted molar refractivity (Wildman–Crippen MR) is 108 cm³/mol. The number of piperidine rings is 1. The fraction of sp³-hybridized carbons (Fsp3) is 0.286. The Labute approximate surface area is 172 Å². The van der Waals surface area contributed by atoms with Crippen LogP contribution in [0.15, 0.2) is 52.9 Å². The van der Waals surface area contributed by atoms with Crippen LogP contribution in [0.3, 0.4) is 0 Å². The van der Waals surface area contributed by atoms with Crippen molar-refractivity contribution in [3.05, 3.63) is 64.9 Å². The van der Waals surface area contributed by atoms with Gasteiger partial charge in [-0.15, -0.1) is 5.10 Å². The van der Waals surface area contributed by atoms with E-state index in [1.54, 1.807) is 6.07 Å². The van der Waals surface area contributed by atoms with Crippen molar-refractivity contribution < 1.29 is 13.6 Å². The standard InChI is InChI=1S/C21H20ClFN4O2/c22-17-12-14(6-7-18(17)23)13-24-19(28)15-8-10-27(11-9-15)21-26-25-20(29-21)16-4-2-1-3-5-16/h1-7,12,15H,8-11,13H2,(H,24,28). The number of carbonyl (C=O) groups is 1. The molecule has 0 aliphatic carbocycles. The highest BCUT2D eigenvalue weighted by atomic mass is 35.5. The lowest BCUT2D eigenvalue weighted by atomic mass is 9.96. The van der Waals surface area contributed by atoms with E-state index in [1.807, 2.05) is 35.2 Å². The average molecular weight is 415 g/mol. The summed E-state index contributed by atoms with van der Waals surface area (Å²) in [6, 6.07) is 14.5. The van der Waals surface area contributed by atoms with E-state index in [4.69, 9.17) is 16.0 Å². The van der Waals surface area contributed by atoms with E-state index in [0.29, 0.717) is 44.4 Å². The smallest absolute Gasteiger partial charge is 0.318 e. The molecule has 1 aromatic heterocycles. The van der Waals surface area contributed by atoms with Crippen molar-refractivity contribution in [1.29, 1.82) is 0 Å². The summed E-state index contributed by atoms with van der Waals surface area (Å²) in [6.07, 6.45) is 1.39. The third-order valence-electron chi connectivity index (χ3n) is 5.02. The molecule has 0 bridgehead atoms. The highest BCUT2D eigenvalue weighted by molar-refractivity contribution is 6.30. The number of halogens is 2. The summed E-state index contributed by atoms with van der Waals surface area (Å²) < 4.78 is 19.0. The zero-order chi connectivity index (χ0) is 20.2. The maximum atomic E-state index is 13.2. The molecule has 3 aromatic rings. The minimum absolute atomic E-state index is 0.0133. The van der Waals surface area contributed by atoms with E-state index in [9.17, 15) is 9.18 Å². The summed E-state index contributed by atoms with van der Waals surface area (Å²) in [7, 11) is 0. The van der Waals surface area contributed by atoms with Gasteiger partial charge in [0, 0.05) is 31.1 Å². The van der Waals surface area contributed by atoms with Crippen LogP contribution in [0.4, 0.5) is 10.4 Å². The van der Waals surface area contributed by atoms with Crippen LogP contribution in [0.25, 0.3) is 11.5 Å². The molecule has 0 spiro atoms. The molecule has 150 valence electrons. The number of hydrogen-bond acceptors (Lipinski definition) is 5. The Morgan fingerprint density at radius 3 is 2.66 bits per heavy atom. The fourth-order valence-corrected chi connectivity index (χ4v) is 3.56. The molecule has 8 heteroatoms. The molecular formula is C21H20ClFN4O2. The number of amides is 1. The molecule has 2 heterocycles. The van der Waals surface area contributed by atoms with E-state index < -0.39 is 5.82 Å². The van der Waals surface area contributed by atoms with Crippen molar-refractivity contribution in [3.63, 3.8) is 0 Å². The van der Waals surface area contributed by atoms with Crippen molar-refractivity contribution in [2.75, 3.05) is 18.0 Å². The molecule has 0 saturated carbocycles. The van der Waals surface area contributed by atoms with Crippen LogP contribution in [0.5, 0.6) is 0 Å². The van der Waals surface area contributed by atoms with E-state index in [-0.39, 0.29) is 16.8 Å². The molecule has 2 aromatic carbocycles. The minimum atomic E-state index is -0.467. The largest absolute Gasteiger partial charge is 0.403 e. The summed E-state index contributed by atoms with van der Waals surface area (Å²) in [6.45, 7) is 1.65. The van der Waals surface area contributed by atoms with Crippen molar-refractivity contribution in [3.8, 4) is 11.5 Å². The molecule has 0 radical (unpaired) electrons. The molecule has 1 aliphatic rings. The average Bonchev–Trinajstić information content (AvgIpc) is 3.25. The summed E-state index contributed by atoms with van der Waals surface area (Å²) in [4.78, 5) is 14.5. The van der Waals surface area contributed by atoms with Crippen LogP contribution >= 0.6 is 11.6 Å². The number of aromatic nitrogens is 2. The molecule has 1 saturated heterocycles. The van der Waals surface area contributed by atoms with Gasteiger partial charge in [-0.3, -0.25) is 4.79 Å². The molecule has 1 N–H and O–H groups in total. The van der Waals surface area contributed by atoms with E-state index in [1.165, 1.54) is 12.1 Å². The zero-order valence-electron chi connectivity index (χ0n) is 15.6. The Bertz CT molecular complexity index is 987. The van der Waals surface area contributed by atoms with Gasteiger partial charge in [0.15, 0.2) is 0 Å². The topological polar surface area (TPSA) is 71.3 Å². The lowest BCUT2D eigenvalue weighted by Gasteiger charge is -2.29. The molecule has 29 heavy (non-hydrogen) atoms. The summed E-state index contributed by atoms with van der Waals surface area (Å²) in [5.41, 5.74) is 1.64. The molecular weight excluding hydrogens is 395 g/mol. The first-order chi connectivity index (χ1) is 14.1. The second-order valence-electron chi connectivity index (χ2n) is 6.98. The van der Waals surface area contributed by atoms with Gasteiger partial charge < -0.3 is 14.6 Å². The van der Waals surface area contributed by atoms with Crippen LogP contribution in [-0.2, 0) is 11.3 Å². The summed E-state index contributed by atoms with van der Waals surface area (Å²) >= 11 is 5.78. The van der Waals surface area contributed by atoms with Gasteiger partial charge in [-0.05, 0) is 42.7 Å². The van der Waals surface area contributed by atoms with Crippen molar-refractivity contribution in [2.45, 2.75) is 19.4 Å². The van der Waals surface area contributed by atoms with Crippen molar-refractivity contribution in [1.82, 2.24) is 15.5 Å². The highest BCUT2D eigenvalue weighted by Crippen LogP contribution is 2.26. The molecule has 6 nitrogen and oxygen atoms in total. The Morgan fingerprint density at radius 1 is 1.17 bits per heavy atom. The van der Waals surface area contributed by atoms with Crippen LogP contribution in [0.2, 0.25) is 5.02 Å². The van der Waals surface area contributed by atoms with E-state index in [0.717, 1.165) is 11.1 Å². The Balaban J connectivity index is 1.29. The monoisotopic (exact) mass is 414 g/mol. The number of nitrogens with one attached hydrogen (secondary N) is 1. The van der Waals surface area contributed by atoms with Gasteiger partial charge in [-0.25, -0.2) is 4.39 Å². The maximum Gasteiger partial charge on any atom is 0.318 e. The number of nitrogens with zero attached hydrogens (tertiary/aromatic N) is 3. The lowest BCUT2D eigenvalue weighted by molar-refractivity contribution is -0.125. The third kappa shape index (κ3) is 4.56. The van der Waals surface area contributed by atoms with Gasteiger partial charge in [-0.1, -0.05) is 41.0 Å². The number of rotatable bonds is 5. The lowest BCUT2D eigenvalue weighted by Crippen LogP contribution is -2.40. The summed E-state index contributed by atoms with van der Waals surface area (Å²) in [5, 5.41) is 11.2. The van der Waals surface area contributed by atoms with E-state index in [2.05, 4.69) is 15.5 Å². The molecule has 4 rings (SSSR count). The first-order valence-corrected chi connectivity index (χ1v) is 9.83. The zero-order valence-corrected chi connectivity index (χ0v) is 16.4. The first-order valence-electron chi connectivity index (χ1n) is 9.45. The summed E-state index contributed by atoms with van der Waals surface area (Å²) in [5.74, 6) is -0.0803. The van der Waals surface area contributed by atoms with Gasteiger partial charge in [0.2, 0.25) is 11.8 Å². The number of carbonyl (C=O) groups excluding carboxylic acids is 1. The van der Waals surface area contributed by atoms with Gasteiger partial charge in [0.25, 0.3) is 0 Å². The van der Waals surface area contributed by atoms with Crippen LogP contribution in [-0.4, -0.2) is 29.2 Å². The normalized spacial score (nSPS) is 14.8. The quantitative estimate of drug-likeness (QED) is 0.681. The molecule has 1 amide bonds. The van der Waals surface area contributed by atoms with Crippen LogP contribution in [0, 0.1) is 11.7 Å². The van der Waals surface area contributed by atoms with Gasteiger partial charge in [0.1, 0.15) is 5.82 Å². The number of anilines is 1. The minimum Gasteiger partial charge on any atom is -0.403 e. The SMILES string of the molecule is O=C(NCc1ccc(F)c(Cl)c1)C1CCN(c2nnc(-c3ccccc3)o2)CC1. The Hall–Kier alpha value is -2.93. The second-order valence-corrected chi connectivity index (χ2v) is 7.39. The molecule has 0 unspecified atom stereocenters. The van der Waals surface area contributed by atoms with Gasteiger partial charge >= 0.3 is 6.01 Å². The maximum absolute atomic E-state index is 13.2. The molecule has 1 fully saturated rings. The van der Waals surface area contributed by atoms with Crippen molar-refractivity contribution in [2.24, 2.45) is 5.92 Å². The number of benzene rings is 2. The second kappa shape index (κ2) is 8.61. The Morgan fingerprint density at radius 2 is 1.93 bits per heavy atom. The highest BCUT2D eigenvalue weighted by Gasteiger charge is 2.27. The van der Waals surface area contributed by atoms with E-state index >= 15 is 0 Å². The molecule has 1 aliphatic heterocycles. The predicted octanol–water partition coefficient (Wildman–Crippen LogP) is 4.06. The van der Waals surface area contributed by atoms with Crippen LogP contribution in [0.1, 0.15) is 18.4 Å². The van der Waals surface area contributed by atoms with Gasteiger partial charge in [0.05, 0.1) is 5.02 Å². The Kier molecular flexibility index (Phi) is 5.76. The fourth-order valence-electron chi connectivity index (χ4n) is 3.36. The third-order valence-corrected chi connectivity index (χ3v) is 5.31. The van der Waals surface area contributed by atoms with Gasteiger partial charge in [-0.2, -0.15) is 0 Å². The molecule has 0 atom stereocenters. The first kappa shape index (κ1) is 19.4. The van der Waals surface area contributed by atoms with Crippen LogP contribution < -0.4 is 10.2 Å².